The van der Waals surface area contributed by atoms with Crippen LogP contribution in [0.4, 0.5) is 5.95 Å². The number of aliphatic hydroxyl groups is 2. The van der Waals surface area contributed by atoms with E-state index in [4.69, 9.17) is 4.98 Å². The number of likely N-dealkylation sites (tertiary alicyclic amines) is 1. The van der Waals surface area contributed by atoms with Crippen molar-refractivity contribution in [1.29, 1.82) is 0 Å². The first-order chi connectivity index (χ1) is 15.4. The summed E-state index contributed by atoms with van der Waals surface area (Å²) < 4.78 is 0. The normalized spacial score (nSPS) is 25.5. The number of benzene rings is 1. The van der Waals surface area contributed by atoms with E-state index in [1.54, 1.807) is 30.3 Å². The Kier molecular flexibility index (Phi) is 5.40. The Balaban J connectivity index is 1.39. The molecule has 0 spiro atoms. The predicted octanol–water partition coefficient (Wildman–Crippen LogP) is 2.64. The van der Waals surface area contributed by atoms with Gasteiger partial charge in [0, 0.05) is 37.2 Å². The first-order valence-corrected chi connectivity index (χ1v) is 11.6. The van der Waals surface area contributed by atoms with Gasteiger partial charge in [-0.15, -0.1) is 11.3 Å². The second kappa shape index (κ2) is 8.23. The molecule has 166 valence electrons. The Labute approximate surface area is 190 Å². The summed E-state index contributed by atoms with van der Waals surface area (Å²) in [5.41, 5.74) is 1.37. The van der Waals surface area contributed by atoms with Crippen LogP contribution in [0.3, 0.4) is 0 Å². The molecule has 1 saturated carbocycles. The summed E-state index contributed by atoms with van der Waals surface area (Å²) in [5, 5.41) is 27.0. The molecule has 32 heavy (non-hydrogen) atoms. The van der Waals surface area contributed by atoms with Gasteiger partial charge in [-0.3, -0.25) is 4.79 Å². The molecular weight excluding hydrogens is 426 g/mol. The van der Waals surface area contributed by atoms with Gasteiger partial charge in [0.2, 0.25) is 5.95 Å². The highest BCUT2D eigenvalue weighted by Gasteiger charge is 2.45. The molecule has 3 aromatic rings. The van der Waals surface area contributed by atoms with Crippen molar-refractivity contribution in [3.63, 3.8) is 0 Å². The zero-order valence-electron chi connectivity index (χ0n) is 17.7. The lowest BCUT2D eigenvalue weighted by Crippen LogP contribution is -2.36. The standard InChI is InChI=1S/C23H25N5O3S/c1-28-11-9-23(31,21(28)30)15-5-2-4-14(12-15)20-25-18(13-32-20)16-8-10-24-22(26-16)27-17-6-3-7-19(17)29/h2,4-5,8,10,12-13,17,19,29,31H,3,6-7,9,11H2,1H3,(H,24,26,27)/t17-,19+,23+/m0/s1. The molecule has 2 aromatic heterocycles. The molecule has 2 aliphatic rings. The minimum atomic E-state index is -1.48. The van der Waals surface area contributed by atoms with E-state index in [1.807, 2.05) is 23.6 Å². The number of likely N-dealkylation sites (N-methyl/N-ethyl adjacent to an activating group) is 1. The largest absolute Gasteiger partial charge is 0.391 e. The topological polar surface area (TPSA) is 111 Å². The number of nitrogens with zero attached hydrogens (tertiary/aromatic N) is 4. The molecule has 3 N–H and O–H groups in total. The number of carbonyl (C=O) groups is 1. The summed E-state index contributed by atoms with van der Waals surface area (Å²) in [5.74, 6) is 0.207. The number of hydrogen-bond acceptors (Lipinski definition) is 8. The summed E-state index contributed by atoms with van der Waals surface area (Å²) >= 11 is 1.48. The van der Waals surface area contributed by atoms with Crippen molar-refractivity contribution in [1.82, 2.24) is 19.9 Å². The van der Waals surface area contributed by atoms with Crippen molar-refractivity contribution in [2.45, 2.75) is 43.4 Å². The number of carbonyl (C=O) groups excluding carboxylic acids is 1. The minimum Gasteiger partial charge on any atom is -0.391 e. The van der Waals surface area contributed by atoms with Crippen LogP contribution in [0.15, 0.2) is 41.9 Å². The fraction of sp³-hybridized carbons (Fsp3) is 0.391. The predicted molar refractivity (Wildman–Crippen MR) is 122 cm³/mol. The van der Waals surface area contributed by atoms with Gasteiger partial charge in [0.05, 0.1) is 17.8 Å². The molecule has 3 atom stereocenters. The highest BCUT2D eigenvalue weighted by molar-refractivity contribution is 7.13. The molecule has 1 aromatic carbocycles. The van der Waals surface area contributed by atoms with Gasteiger partial charge in [0.15, 0.2) is 5.60 Å². The van der Waals surface area contributed by atoms with Gasteiger partial charge in [-0.05, 0) is 37.0 Å². The van der Waals surface area contributed by atoms with Gasteiger partial charge in [-0.1, -0.05) is 18.2 Å². The van der Waals surface area contributed by atoms with Crippen molar-refractivity contribution in [2.24, 2.45) is 0 Å². The smallest absolute Gasteiger partial charge is 0.258 e. The summed E-state index contributed by atoms with van der Waals surface area (Å²) in [6.45, 7) is 0.531. The lowest BCUT2D eigenvalue weighted by Gasteiger charge is -2.21. The maximum absolute atomic E-state index is 12.5. The number of aliphatic hydroxyl groups excluding tert-OH is 1. The molecule has 5 rings (SSSR count). The molecule has 1 saturated heterocycles. The summed E-state index contributed by atoms with van der Waals surface area (Å²) in [6.07, 6.45) is 4.37. The Morgan fingerprint density at radius 2 is 2.09 bits per heavy atom. The van der Waals surface area contributed by atoms with Crippen molar-refractivity contribution >= 4 is 23.2 Å². The first-order valence-electron chi connectivity index (χ1n) is 10.8. The van der Waals surface area contributed by atoms with Crippen molar-refractivity contribution < 1.29 is 15.0 Å². The third kappa shape index (κ3) is 3.76. The molecule has 1 aliphatic heterocycles. The second-order valence-electron chi connectivity index (χ2n) is 8.47. The van der Waals surface area contributed by atoms with Gasteiger partial charge in [0.1, 0.15) is 10.7 Å². The molecule has 8 nitrogen and oxygen atoms in total. The molecule has 0 bridgehead atoms. The molecule has 3 heterocycles. The minimum absolute atomic E-state index is 0.0258. The third-order valence-electron chi connectivity index (χ3n) is 6.31. The van der Waals surface area contributed by atoms with Gasteiger partial charge < -0.3 is 20.4 Å². The van der Waals surface area contributed by atoms with Gasteiger partial charge >= 0.3 is 0 Å². The Morgan fingerprint density at radius 3 is 2.84 bits per heavy atom. The number of anilines is 1. The lowest BCUT2D eigenvalue weighted by atomic mass is 9.91. The van der Waals surface area contributed by atoms with Gasteiger partial charge in [-0.25, -0.2) is 15.0 Å². The molecule has 2 fully saturated rings. The van der Waals surface area contributed by atoms with Crippen LogP contribution in [-0.2, 0) is 10.4 Å². The number of aromatic nitrogens is 3. The molecular formula is C23H25N5O3S. The lowest BCUT2D eigenvalue weighted by molar-refractivity contribution is -0.143. The van der Waals surface area contributed by atoms with Crippen LogP contribution < -0.4 is 5.32 Å². The zero-order valence-corrected chi connectivity index (χ0v) is 18.5. The monoisotopic (exact) mass is 451 g/mol. The van der Waals surface area contributed by atoms with E-state index in [0.29, 0.717) is 30.2 Å². The number of thiazole rings is 1. The zero-order chi connectivity index (χ0) is 22.3. The van der Waals surface area contributed by atoms with Crippen LogP contribution in [0.25, 0.3) is 22.0 Å². The summed E-state index contributed by atoms with van der Waals surface area (Å²) in [7, 11) is 1.70. The maximum Gasteiger partial charge on any atom is 0.258 e. The number of hydrogen-bond donors (Lipinski definition) is 3. The van der Waals surface area contributed by atoms with Crippen LogP contribution in [0.2, 0.25) is 0 Å². The van der Waals surface area contributed by atoms with Crippen LogP contribution in [-0.4, -0.2) is 61.7 Å². The van der Waals surface area contributed by atoms with E-state index < -0.39 is 5.60 Å². The third-order valence-corrected chi connectivity index (χ3v) is 7.20. The van der Waals surface area contributed by atoms with E-state index >= 15 is 0 Å². The van der Waals surface area contributed by atoms with Crippen LogP contribution in [0.1, 0.15) is 31.2 Å². The number of nitrogens with one attached hydrogen (secondary N) is 1. The Morgan fingerprint density at radius 1 is 1.22 bits per heavy atom. The average molecular weight is 452 g/mol. The molecule has 9 heteroatoms. The van der Waals surface area contributed by atoms with Gasteiger partial charge in [0.25, 0.3) is 5.91 Å². The number of rotatable bonds is 5. The van der Waals surface area contributed by atoms with E-state index in [1.165, 1.54) is 11.3 Å². The van der Waals surface area contributed by atoms with Gasteiger partial charge in [-0.2, -0.15) is 0 Å². The Bertz CT molecular complexity index is 1150. The molecule has 1 amide bonds. The van der Waals surface area contributed by atoms with Crippen molar-refractivity contribution in [2.75, 3.05) is 18.9 Å². The first kappa shape index (κ1) is 21.0. The fourth-order valence-electron chi connectivity index (χ4n) is 4.40. The molecule has 1 aliphatic carbocycles. The van der Waals surface area contributed by atoms with Crippen LogP contribution in [0.5, 0.6) is 0 Å². The summed E-state index contributed by atoms with van der Waals surface area (Å²) in [6, 6.07) is 9.17. The second-order valence-corrected chi connectivity index (χ2v) is 9.33. The SMILES string of the molecule is CN1CC[C@@](O)(c2cccc(-c3nc(-c4ccnc(N[C@H]5CCC[C@H]5O)n4)cs3)c2)C1=O. The van der Waals surface area contributed by atoms with E-state index in [2.05, 4.69) is 15.3 Å². The Hall–Kier alpha value is -2.88. The van der Waals surface area contributed by atoms with E-state index in [-0.39, 0.29) is 18.1 Å². The van der Waals surface area contributed by atoms with Crippen LogP contribution >= 0.6 is 11.3 Å². The van der Waals surface area contributed by atoms with Crippen LogP contribution in [0, 0.1) is 0 Å². The molecule has 0 radical (unpaired) electrons. The van der Waals surface area contributed by atoms with Crippen molar-refractivity contribution in [3.8, 4) is 22.0 Å². The highest BCUT2D eigenvalue weighted by Crippen LogP contribution is 2.36. The van der Waals surface area contributed by atoms with E-state index in [0.717, 1.165) is 35.5 Å². The molecule has 0 unspecified atom stereocenters. The quantitative estimate of drug-likeness (QED) is 0.547. The average Bonchev–Trinajstić information content (AvgIpc) is 3.52. The van der Waals surface area contributed by atoms with Crippen molar-refractivity contribution in [3.05, 3.63) is 47.5 Å². The van der Waals surface area contributed by atoms with E-state index in [9.17, 15) is 15.0 Å². The maximum atomic E-state index is 12.5. The highest BCUT2D eigenvalue weighted by atomic mass is 32.1. The summed E-state index contributed by atoms with van der Waals surface area (Å²) in [4.78, 5) is 27.6. The fourth-order valence-corrected chi connectivity index (χ4v) is 5.21. The number of amides is 1.